The summed E-state index contributed by atoms with van der Waals surface area (Å²) in [6.07, 6.45) is 0. The van der Waals surface area contributed by atoms with Gasteiger partial charge in [-0.3, -0.25) is 14.5 Å². The van der Waals surface area contributed by atoms with E-state index in [1.54, 1.807) is 24.3 Å². The van der Waals surface area contributed by atoms with Crippen LogP contribution in [0.4, 0.5) is 0 Å². The van der Waals surface area contributed by atoms with Crippen molar-refractivity contribution < 1.29 is 14.7 Å². The first-order chi connectivity index (χ1) is 7.70. The van der Waals surface area contributed by atoms with Crippen molar-refractivity contribution in [1.82, 2.24) is 4.90 Å². The van der Waals surface area contributed by atoms with Crippen molar-refractivity contribution in [2.24, 2.45) is 0 Å². The van der Waals surface area contributed by atoms with Crippen molar-refractivity contribution in [2.75, 3.05) is 12.5 Å². The van der Waals surface area contributed by atoms with E-state index in [4.69, 9.17) is 16.7 Å². The maximum atomic E-state index is 11.9. The Kier molecular flexibility index (Phi) is 2.94. The minimum Gasteiger partial charge on any atom is -0.394 e. The fourth-order valence-corrected chi connectivity index (χ4v) is 1.97. The molecule has 2 rings (SSSR count). The van der Waals surface area contributed by atoms with Gasteiger partial charge >= 0.3 is 0 Å². The van der Waals surface area contributed by atoms with E-state index in [9.17, 15) is 9.59 Å². The molecule has 1 aromatic rings. The molecular weight excluding hydrogens is 230 g/mol. The Hall–Kier alpha value is -1.39. The van der Waals surface area contributed by atoms with Crippen molar-refractivity contribution in [2.45, 2.75) is 6.04 Å². The van der Waals surface area contributed by atoms with E-state index >= 15 is 0 Å². The molecule has 0 fully saturated rings. The predicted octanol–water partition coefficient (Wildman–Crippen LogP) is 0.882. The van der Waals surface area contributed by atoms with Crippen molar-refractivity contribution >= 4 is 23.4 Å². The molecule has 1 unspecified atom stereocenters. The van der Waals surface area contributed by atoms with Crippen LogP contribution < -0.4 is 0 Å². The zero-order chi connectivity index (χ0) is 11.7. The van der Waals surface area contributed by atoms with Crippen LogP contribution >= 0.6 is 11.6 Å². The molecule has 1 aromatic carbocycles. The van der Waals surface area contributed by atoms with Gasteiger partial charge in [0.05, 0.1) is 23.8 Å². The minimum absolute atomic E-state index is 0.0297. The summed E-state index contributed by atoms with van der Waals surface area (Å²) < 4.78 is 0. The molecule has 0 saturated heterocycles. The van der Waals surface area contributed by atoms with Crippen LogP contribution in [0.25, 0.3) is 0 Å². The largest absolute Gasteiger partial charge is 0.394 e. The summed E-state index contributed by atoms with van der Waals surface area (Å²) in [5.41, 5.74) is 0.743. The SMILES string of the molecule is O=C1c2ccccc2C(=O)N1C(CO)CCl. The number of rotatable bonds is 3. The van der Waals surface area contributed by atoms with Crippen molar-refractivity contribution in [1.29, 1.82) is 0 Å². The topological polar surface area (TPSA) is 57.6 Å². The second-order valence-electron chi connectivity index (χ2n) is 3.52. The number of hydrogen-bond donors (Lipinski definition) is 1. The number of imide groups is 1. The monoisotopic (exact) mass is 239 g/mol. The average molecular weight is 240 g/mol. The number of fused-ring (bicyclic) bond motifs is 1. The van der Waals surface area contributed by atoms with Gasteiger partial charge in [0.25, 0.3) is 11.8 Å². The number of carbonyl (C=O) groups excluding carboxylic acids is 2. The summed E-state index contributed by atoms with van der Waals surface area (Å²) in [5.74, 6) is -0.747. The summed E-state index contributed by atoms with van der Waals surface area (Å²) in [4.78, 5) is 24.8. The van der Waals surface area contributed by atoms with Gasteiger partial charge in [0, 0.05) is 5.88 Å². The Bertz CT molecular complexity index is 408. The minimum atomic E-state index is -0.658. The third-order valence-corrected chi connectivity index (χ3v) is 2.94. The van der Waals surface area contributed by atoms with Crippen LogP contribution in [0.5, 0.6) is 0 Å². The lowest BCUT2D eigenvalue weighted by Gasteiger charge is -2.21. The Morgan fingerprint density at radius 3 is 2.06 bits per heavy atom. The van der Waals surface area contributed by atoms with Gasteiger partial charge in [-0.2, -0.15) is 0 Å². The summed E-state index contributed by atoms with van der Waals surface area (Å²) in [6, 6.07) is 5.93. The maximum absolute atomic E-state index is 11.9. The molecule has 2 amide bonds. The summed E-state index contributed by atoms with van der Waals surface area (Å²) in [6.45, 7) is -0.324. The second-order valence-corrected chi connectivity index (χ2v) is 3.83. The highest BCUT2D eigenvalue weighted by atomic mass is 35.5. The molecule has 84 valence electrons. The lowest BCUT2D eigenvalue weighted by Crippen LogP contribution is -2.43. The van der Waals surface area contributed by atoms with Crippen molar-refractivity contribution in [3.05, 3.63) is 35.4 Å². The van der Waals surface area contributed by atoms with Gasteiger partial charge in [0.15, 0.2) is 0 Å². The van der Waals surface area contributed by atoms with E-state index < -0.39 is 6.04 Å². The number of carbonyl (C=O) groups is 2. The zero-order valence-corrected chi connectivity index (χ0v) is 9.15. The van der Waals surface area contributed by atoms with Gasteiger partial charge in [-0.05, 0) is 12.1 Å². The number of aliphatic hydroxyl groups excluding tert-OH is 1. The van der Waals surface area contributed by atoms with Crippen molar-refractivity contribution in [3.63, 3.8) is 0 Å². The number of hydrogen-bond acceptors (Lipinski definition) is 3. The van der Waals surface area contributed by atoms with Gasteiger partial charge in [0.1, 0.15) is 0 Å². The van der Waals surface area contributed by atoms with Crippen LogP contribution in [0, 0.1) is 0 Å². The third kappa shape index (κ3) is 1.50. The molecule has 0 aromatic heterocycles. The molecule has 1 heterocycles. The molecule has 5 heteroatoms. The highest BCUT2D eigenvalue weighted by Crippen LogP contribution is 2.24. The highest BCUT2D eigenvalue weighted by Gasteiger charge is 2.38. The van der Waals surface area contributed by atoms with E-state index in [2.05, 4.69) is 0 Å². The fourth-order valence-electron chi connectivity index (χ4n) is 1.74. The smallest absolute Gasteiger partial charge is 0.261 e. The van der Waals surface area contributed by atoms with E-state index in [1.165, 1.54) is 0 Å². The molecule has 0 radical (unpaired) electrons. The molecule has 0 saturated carbocycles. The van der Waals surface area contributed by atoms with Gasteiger partial charge in [-0.15, -0.1) is 11.6 Å². The predicted molar refractivity (Wildman–Crippen MR) is 58.5 cm³/mol. The number of halogens is 1. The second kappa shape index (κ2) is 4.23. The zero-order valence-electron chi connectivity index (χ0n) is 8.39. The molecule has 4 nitrogen and oxygen atoms in total. The van der Waals surface area contributed by atoms with E-state index in [0.29, 0.717) is 11.1 Å². The number of amides is 2. The number of aliphatic hydroxyl groups is 1. The Morgan fingerprint density at radius 1 is 1.19 bits per heavy atom. The van der Waals surface area contributed by atoms with E-state index in [-0.39, 0.29) is 24.3 Å². The van der Waals surface area contributed by atoms with Crippen LogP contribution in [-0.2, 0) is 0 Å². The van der Waals surface area contributed by atoms with Gasteiger partial charge in [-0.1, -0.05) is 12.1 Å². The first-order valence-corrected chi connectivity index (χ1v) is 5.38. The summed E-state index contributed by atoms with van der Waals surface area (Å²) in [7, 11) is 0. The van der Waals surface area contributed by atoms with Gasteiger partial charge in [0.2, 0.25) is 0 Å². The Balaban J connectivity index is 2.42. The van der Waals surface area contributed by atoms with Crippen LogP contribution in [0.15, 0.2) is 24.3 Å². The molecule has 0 spiro atoms. The van der Waals surface area contributed by atoms with Crippen LogP contribution in [-0.4, -0.2) is 40.3 Å². The summed E-state index contributed by atoms with van der Waals surface area (Å²) in [5, 5.41) is 9.07. The number of nitrogens with zero attached hydrogens (tertiary/aromatic N) is 1. The molecule has 0 aliphatic carbocycles. The first-order valence-electron chi connectivity index (χ1n) is 4.84. The van der Waals surface area contributed by atoms with Crippen LogP contribution in [0.2, 0.25) is 0 Å². The van der Waals surface area contributed by atoms with Crippen LogP contribution in [0.1, 0.15) is 20.7 Å². The lowest BCUT2D eigenvalue weighted by molar-refractivity contribution is 0.0540. The fraction of sp³-hybridized carbons (Fsp3) is 0.273. The van der Waals surface area contributed by atoms with E-state index in [0.717, 1.165) is 4.90 Å². The summed E-state index contributed by atoms with van der Waals surface area (Å²) >= 11 is 5.62. The maximum Gasteiger partial charge on any atom is 0.261 e. The molecule has 1 atom stereocenters. The normalized spacial score (nSPS) is 16.5. The quantitative estimate of drug-likeness (QED) is 0.629. The third-order valence-electron chi connectivity index (χ3n) is 2.58. The van der Waals surface area contributed by atoms with Gasteiger partial charge < -0.3 is 5.11 Å². The Labute approximate surface area is 97.4 Å². The molecule has 1 aliphatic heterocycles. The molecular formula is C11H10ClNO3. The standard InChI is InChI=1S/C11H10ClNO3/c12-5-7(6-14)13-10(15)8-3-1-2-4-9(8)11(13)16/h1-4,7,14H,5-6H2. The molecule has 1 aliphatic rings. The number of benzene rings is 1. The Morgan fingerprint density at radius 2 is 1.69 bits per heavy atom. The van der Waals surface area contributed by atoms with Crippen molar-refractivity contribution in [3.8, 4) is 0 Å². The highest BCUT2D eigenvalue weighted by molar-refractivity contribution is 6.23. The van der Waals surface area contributed by atoms with E-state index in [1.807, 2.05) is 0 Å². The van der Waals surface area contributed by atoms with Crippen LogP contribution in [0.3, 0.4) is 0 Å². The van der Waals surface area contributed by atoms with Gasteiger partial charge in [-0.25, -0.2) is 0 Å². The molecule has 0 bridgehead atoms. The first kappa shape index (κ1) is 11.1. The lowest BCUT2D eigenvalue weighted by atomic mass is 10.1. The average Bonchev–Trinajstić information content (AvgIpc) is 2.57. The molecule has 1 N–H and O–H groups in total. The number of alkyl halides is 1. The molecule has 16 heavy (non-hydrogen) atoms.